The minimum Gasteiger partial charge on any atom is -0.394 e. The molecule has 2 saturated heterocycles. The largest absolute Gasteiger partial charge is 0.394 e. The molecule has 14 nitrogen and oxygen atoms in total. The summed E-state index contributed by atoms with van der Waals surface area (Å²) in [6.45, 7) is 2.68. The molecule has 2 rings (SSSR count). The number of aliphatic hydroxyl groups excluding tert-OH is 8. The van der Waals surface area contributed by atoms with Crippen LogP contribution in [0.25, 0.3) is 0 Å². The predicted octanol–water partition coefficient (Wildman–Crippen LogP) is 14.0. The quantitative estimate of drug-likeness (QED) is 0.0204. The number of aliphatic hydroxyl groups is 8. The Morgan fingerprint density at radius 1 is 0.430 bits per heavy atom. The fourth-order valence-corrected chi connectivity index (χ4v) is 11.1. The molecule has 0 saturated carbocycles. The SMILES string of the molecule is CC/C=C\C/C=C\C/C=C\C/C=C\C/C=C\C/C=C\CCCCC(=O)NC(COC1OC(CO)C(OC2OC(CO)C(O)C(O)C2O)C(O)C1O)C(O)/C=C/CCCCCCCCCCCCCCCCCCCCCCCCCCCCCCC. The molecular formula is C72H127NO13. The smallest absolute Gasteiger partial charge is 0.220 e. The fraction of sp³-hybridized carbons (Fsp3) is 0.792. The first-order valence-corrected chi connectivity index (χ1v) is 34.8. The van der Waals surface area contributed by atoms with Crippen LogP contribution in [0.3, 0.4) is 0 Å². The van der Waals surface area contributed by atoms with Gasteiger partial charge in [-0.25, -0.2) is 0 Å². The molecule has 12 atom stereocenters. The van der Waals surface area contributed by atoms with E-state index in [9.17, 15) is 45.6 Å². The minimum atomic E-state index is -1.80. The van der Waals surface area contributed by atoms with Gasteiger partial charge in [-0.3, -0.25) is 4.79 Å². The van der Waals surface area contributed by atoms with Crippen LogP contribution in [0.5, 0.6) is 0 Å². The van der Waals surface area contributed by atoms with Gasteiger partial charge < -0.3 is 65.1 Å². The van der Waals surface area contributed by atoms with E-state index in [0.29, 0.717) is 6.42 Å². The number of rotatable bonds is 56. The van der Waals surface area contributed by atoms with Crippen LogP contribution in [0.1, 0.15) is 271 Å². The number of allylic oxidation sites excluding steroid dienone is 13. The van der Waals surface area contributed by atoms with Gasteiger partial charge in [-0.1, -0.05) is 279 Å². The van der Waals surface area contributed by atoms with Crippen LogP contribution in [-0.4, -0.2) is 140 Å². The van der Waals surface area contributed by atoms with E-state index in [0.717, 1.165) is 70.6 Å². The van der Waals surface area contributed by atoms with Gasteiger partial charge in [0, 0.05) is 6.42 Å². The molecule has 0 aromatic rings. The van der Waals surface area contributed by atoms with Crippen LogP contribution in [0.2, 0.25) is 0 Å². The lowest BCUT2D eigenvalue weighted by molar-refractivity contribution is -0.359. The summed E-state index contributed by atoms with van der Waals surface area (Å²) in [4.78, 5) is 13.3. The van der Waals surface area contributed by atoms with Gasteiger partial charge in [0.05, 0.1) is 32.0 Å². The first kappa shape index (κ1) is 79.3. The molecule has 2 aliphatic rings. The lowest BCUT2D eigenvalue weighted by atomic mass is 9.97. The first-order chi connectivity index (χ1) is 42.1. The molecule has 1 amide bonds. The maximum atomic E-state index is 13.3. The Morgan fingerprint density at radius 2 is 0.802 bits per heavy atom. The van der Waals surface area contributed by atoms with E-state index >= 15 is 0 Å². The molecule has 86 heavy (non-hydrogen) atoms. The second-order valence-corrected chi connectivity index (χ2v) is 24.3. The minimum absolute atomic E-state index is 0.222. The third-order valence-corrected chi connectivity index (χ3v) is 16.6. The van der Waals surface area contributed by atoms with E-state index < -0.39 is 86.8 Å². The Bertz CT molecular complexity index is 1770. The molecule has 2 heterocycles. The van der Waals surface area contributed by atoms with Crippen molar-refractivity contribution in [3.05, 3.63) is 85.1 Å². The Balaban J connectivity index is 1.70. The summed E-state index contributed by atoms with van der Waals surface area (Å²) >= 11 is 0. The Labute approximate surface area is 522 Å². The van der Waals surface area contributed by atoms with Gasteiger partial charge in [0.15, 0.2) is 12.6 Å². The molecule has 0 aromatic carbocycles. The molecule has 14 heteroatoms. The van der Waals surface area contributed by atoms with Crippen LogP contribution < -0.4 is 5.32 Å². The fourth-order valence-electron chi connectivity index (χ4n) is 11.1. The van der Waals surface area contributed by atoms with Crippen molar-refractivity contribution in [2.75, 3.05) is 19.8 Å². The summed E-state index contributed by atoms with van der Waals surface area (Å²) in [7, 11) is 0. The third kappa shape index (κ3) is 40.0. The summed E-state index contributed by atoms with van der Waals surface area (Å²) in [6, 6.07) is -0.945. The van der Waals surface area contributed by atoms with Crippen LogP contribution >= 0.6 is 0 Å². The monoisotopic (exact) mass is 1210 g/mol. The summed E-state index contributed by atoms with van der Waals surface area (Å²) < 4.78 is 22.8. The molecule has 0 radical (unpaired) electrons. The van der Waals surface area contributed by atoms with E-state index in [4.69, 9.17) is 18.9 Å². The van der Waals surface area contributed by atoms with Crippen molar-refractivity contribution in [1.29, 1.82) is 0 Å². The van der Waals surface area contributed by atoms with E-state index in [1.807, 2.05) is 6.08 Å². The Hall–Kier alpha value is -2.83. The third-order valence-electron chi connectivity index (χ3n) is 16.6. The number of amides is 1. The van der Waals surface area contributed by atoms with E-state index in [1.165, 1.54) is 173 Å². The number of unbranched alkanes of at least 4 members (excludes halogenated alkanes) is 31. The highest BCUT2D eigenvalue weighted by molar-refractivity contribution is 5.76. The lowest BCUT2D eigenvalue weighted by Gasteiger charge is -2.46. The van der Waals surface area contributed by atoms with Gasteiger partial charge in [-0.15, -0.1) is 0 Å². The average Bonchev–Trinajstić information content (AvgIpc) is 2.54. The molecule has 2 aliphatic heterocycles. The molecule has 0 aromatic heterocycles. The summed E-state index contributed by atoms with van der Waals surface area (Å²) in [6.07, 6.45) is 60.7. The molecule has 12 unspecified atom stereocenters. The lowest BCUT2D eigenvalue weighted by Crippen LogP contribution is -2.65. The van der Waals surface area contributed by atoms with Crippen LogP contribution in [0.4, 0.5) is 0 Å². The Kier molecular flexibility index (Phi) is 51.8. The number of carbonyl (C=O) groups excluding carboxylic acids is 1. The van der Waals surface area contributed by atoms with Gasteiger partial charge in [-0.2, -0.15) is 0 Å². The molecule has 0 bridgehead atoms. The van der Waals surface area contributed by atoms with Crippen molar-refractivity contribution < 1.29 is 64.6 Å². The molecule has 9 N–H and O–H groups in total. The van der Waals surface area contributed by atoms with E-state index in [2.05, 4.69) is 92.1 Å². The van der Waals surface area contributed by atoms with Crippen LogP contribution in [0.15, 0.2) is 85.1 Å². The molecule has 0 aliphatic carbocycles. The van der Waals surface area contributed by atoms with Crippen LogP contribution in [-0.2, 0) is 23.7 Å². The van der Waals surface area contributed by atoms with Crippen molar-refractivity contribution in [3.8, 4) is 0 Å². The highest BCUT2D eigenvalue weighted by Crippen LogP contribution is 2.30. The predicted molar refractivity (Wildman–Crippen MR) is 350 cm³/mol. The number of nitrogens with one attached hydrogen (secondary N) is 1. The zero-order valence-corrected chi connectivity index (χ0v) is 54.0. The van der Waals surface area contributed by atoms with Crippen molar-refractivity contribution >= 4 is 5.91 Å². The molecule has 2 fully saturated rings. The summed E-state index contributed by atoms with van der Waals surface area (Å²) in [5.74, 6) is -0.281. The van der Waals surface area contributed by atoms with E-state index in [-0.39, 0.29) is 18.9 Å². The Morgan fingerprint density at radius 3 is 1.23 bits per heavy atom. The van der Waals surface area contributed by atoms with Crippen molar-refractivity contribution in [2.45, 2.75) is 344 Å². The van der Waals surface area contributed by atoms with Gasteiger partial charge in [0.2, 0.25) is 5.91 Å². The molecule has 0 spiro atoms. The van der Waals surface area contributed by atoms with Crippen molar-refractivity contribution in [1.82, 2.24) is 5.32 Å². The maximum Gasteiger partial charge on any atom is 0.220 e. The maximum absolute atomic E-state index is 13.3. The van der Waals surface area contributed by atoms with Gasteiger partial charge in [0.1, 0.15) is 48.8 Å². The van der Waals surface area contributed by atoms with Crippen molar-refractivity contribution in [3.63, 3.8) is 0 Å². The second-order valence-electron chi connectivity index (χ2n) is 24.3. The van der Waals surface area contributed by atoms with Gasteiger partial charge >= 0.3 is 0 Å². The average molecular weight is 1210 g/mol. The summed E-state index contributed by atoms with van der Waals surface area (Å²) in [5, 5.41) is 87.4. The number of ether oxygens (including phenoxy) is 4. The normalized spacial score (nSPS) is 23.9. The zero-order valence-electron chi connectivity index (χ0n) is 54.0. The highest BCUT2D eigenvalue weighted by Gasteiger charge is 2.51. The molecule has 498 valence electrons. The zero-order chi connectivity index (χ0) is 62.3. The number of carbonyl (C=O) groups is 1. The highest BCUT2D eigenvalue weighted by atomic mass is 16.7. The summed E-state index contributed by atoms with van der Waals surface area (Å²) in [5.41, 5.74) is 0. The van der Waals surface area contributed by atoms with Crippen molar-refractivity contribution in [2.24, 2.45) is 0 Å². The first-order valence-electron chi connectivity index (χ1n) is 34.8. The van der Waals surface area contributed by atoms with Gasteiger partial charge in [-0.05, 0) is 70.6 Å². The standard InChI is InChI=1S/C72H127NO13/c1-3-5-7-9-11-13-15-17-19-21-23-25-26-27-28-29-30-31-32-33-34-36-37-39-41-43-45-47-49-51-53-55-61(76)60(59-83-71-69(82)67(80)70(63(58-75)85-71)86-72-68(81)66(79)65(78)62(57-74)84-72)73-64(77)56-54-52-50-48-46-44-42-40-38-35-24-22-20-18-16-14-12-10-8-6-4-2/h6,8,12,14,18,20,24,35,40,42,46,48,53,55,60-63,65-72,74-76,78-82H,3-5,7,9-11,13,15-17,19,21-23,25-34,36-39,41,43-45,47,49-52,54,56-59H2,1-2H3,(H,73,77)/b8-6-,14-12-,20-18-,35-24-,42-40-,48-46-,55-53+. The van der Waals surface area contributed by atoms with Gasteiger partial charge in [0.25, 0.3) is 0 Å². The number of hydrogen-bond acceptors (Lipinski definition) is 13. The topological polar surface area (TPSA) is 228 Å². The van der Waals surface area contributed by atoms with Crippen LogP contribution in [0, 0.1) is 0 Å². The molecular weight excluding hydrogens is 1090 g/mol. The number of hydrogen-bond donors (Lipinski definition) is 9. The van der Waals surface area contributed by atoms with E-state index in [1.54, 1.807) is 6.08 Å². The second kappa shape index (κ2) is 56.2.